The smallest absolute Gasteiger partial charge is 0.311 e. The molecule has 0 amide bonds. The summed E-state index contributed by atoms with van der Waals surface area (Å²) in [5.41, 5.74) is 4.78. The van der Waals surface area contributed by atoms with E-state index in [0.717, 1.165) is 12.8 Å². The predicted octanol–water partition coefficient (Wildman–Crippen LogP) is 7.96. The number of halogens is 1. The number of hydrogen-bond acceptors (Lipinski definition) is 4. The van der Waals surface area contributed by atoms with Gasteiger partial charge in [0, 0.05) is 23.6 Å². The van der Waals surface area contributed by atoms with Crippen LogP contribution >= 0.6 is 11.6 Å². The maximum absolute atomic E-state index is 12.8. The van der Waals surface area contributed by atoms with E-state index >= 15 is 0 Å². The van der Waals surface area contributed by atoms with Crippen molar-refractivity contribution >= 4 is 23.4 Å². The van der Waals surface area contributed by atoms with Crippen LogP contribution in [0, 0.1) is 0 Å². The number of ether oxygens (including phenoxy) is 2. The van der Waals surface area contributed by atoms with E-state index in [4.69, 9.17) is 21.1 Å². The molecule has 0 aliphatic carbocycles. The molecule has 1 N–H and O–H groups in total. The number of carbonyl (C=O) groups is 2. The molecule has 0 radical (unpaired) electrons. The van der Waals surface area contributed by atoms with Crippen molar-refractivity contribution in [2.75, 3.05) is 6.61 Å². The number of carboxylic acid groups (broad SMARTS) is 1. The molecule has 192 valence electrons. The zero-order valence-corrected chi connectivity index (χ0v) is 21.5. The lowest BCUT2D eigenvalue weighted by Crippen LogP contribution is -2.20. The fourth-order valence-electron chi connectivity index (χ4n) is 4.78. The van der Waals surface area contributed by atoms with Crippen LogP contribution in [0.3, 0.4) is 0 Å². The Balaban J connectivity index is 1.21. The average Bonchev–Trinajstić information content (AvgIpc) is 2.94. The highest BCUT2D eigenvalue weighted by Crippen LogP contribution is 2.41. The van der Waals surface area contributed by atoms with Gasteiger partial charge in [0.1, 0.15) is 17.2 Å². The van der Waals surface area contributed by atoms with Crippen molar-refractivity contribution in [3.63, 3.8) is 0 Å². The highest BCUT2D eigenvalue weighted by atomic mass is 35.5. The average molecular weight is 527 g/mol. The lowest BCUT2D eigenvalue weighted by atomic mass is 9.93. The van der Waals surface area contributed by atoms with E-state index in [1.165, 1.54) is 16.7 Å². The molecule has 1 heterocycles. The van der Waals surface area contributed by atoms with Gasteiger partial charge in [0.05, 0.1) is 17.5 Å². The summed E-state index contributed by atoms with van der Waals surface area (Å²) < 4.78 is 11.6. The Hall–Kier alpha value is -4.09. The zero-order chi connectivity index (χ0) is 26.5. The summed E-state index contributed by atoms with van der Waals surface area (Å²) in [6.07, 6.45) is 2.42. The second kappa shape index (κ2) is 11.5. The number of benzene rings is 4. The highest BCUT2D eigenvalue weighted by molar-refractivity contribution is 6.32. The van der Waals surface area contributed by atoms with Crippen molar-refractivity contribution in [1.82, 2.24) is 0 Å². The van der Waals surface area contributed by atoms with Gasteiger partial charge in [-0.25, -0.2) is 0 Å². The van der Waals surface area contributed by atoms with Gasteiger partial charge in [0.2, 0.25) is 0 Å². The minimum atomic E-state index is -0.903. The fourth-order valence-corrected chi connectivity index (χ4v) is 4.99. The molecule has 1 aliphatic rings. The van der Waals surface area contributed by atoms with E-state index in [0.29, 0.717) is 52.8 Å². The molecular formula is C32H27ClO5. The normalized spacial score (nSPS) is 14.3. The maximum Gasteiger partial charge on any atom is 0.311 e. The van der Waals surface area contributed by atoms with Gasteiger partial charge in [-0.15, -0.1) is 0 Å². The summed E-state index contributed by atoms with van der Waals surface area (Å²) >= 11 is 6.39. The highest BCUT2D eigenvalue weighted by Gasteiger charge is 2.29. The summed E-state index contributed by atoms with van der Waals surface area (Å²) in [4.78, 5) is 24.4. The van der Waals surface area contributed by atoms with E-state index in [2.05, 4.69) is 24.3 Å². The minimum absolute atomic E-state index is 0.0775. The van der Waals surface area contributed by atoms with Gasteiger partial charge in [-0.2, -0.15) is 0 Å². The first-order chi connectivity index (χ1) is 18.5. The van der Waals surface area contributed by atoms with Crippen LogP contribution in [0.15, 0.2) is 91.0 Å². The number of carbonyl (C=O) groups excluding carboxylic acids is 1. The van der Waals surface area contributed by atoms with E-state index in [-0.39, 0.29) is 5.78 Å². The van der Waals surface area contributed by atoms with Gasteiger partial charge in [-0.3, -0.25) is 9.59 Å². The zero-order valence-electron chi connectivity index (χ0n) is 20.7. The monoisotopic (exact) mass is 526 g/mol. The number of fused-ring (bicyclic) bond motifs is 1. The summed E-state index contributed by atoms with van der Waals surface area (Å²) in [6, 6.07) is 28.8. The molecule has 1 aliphatic heterocycles. The van der Waals surface area contributed by atoms with Crippen molar-refractivity contribution in [3.05, 3.63) is 113 Å². The first kappa shape index (κ1) is 25.6. The van der Waals surface area contributed by atoms with Crippen molar-refractivity contribution in [2.24, 2.45) is 0 Å². The van der Waals surface area contributed by atoms with E-state index < -0.39 is 11.9 Å². The third-order valence-electron chi connectivity index (χ3n) is 6.76. The molecule has 0 bridgehead atoms. The molecule has 0 fully saturated rings. The third kappa shape index (κ3) is 5.74. The van der Waals surface area contributed by atoms with Crippen molar-refractivity contribution in [3.8, 4) is 28.4 Å². The van der Waals surface area contributed by atoms with Crippen LogP contribution in [0.5, 0.6) is 17.2 Å². The molecule has 4 aromatic carbocycles. The molecule has 6 heteroatoms. The van der Waals surface area contributed by atoms with E-state index in [9.17, 15) is 14.7 Å². The Kier molecular flexibility index (Phi) is 7.75. The van der Waals surface area contributed by atoms with Crippen LogP contribution in [0.2, 0.25) is 5.02 Å². The molecule has 0 saturated heterocycles. The minimum Gasteiger partial charge on any atom is -0.493 e. The van der Waals surface area contributed by atoms with Crippen LogP contribution in [0.1, 0.15) is 46.7 Å². The molecule has 0 aromatic heterocycles. The van der Waals surface area contributed by atoms with Crippen LogP contribution in [-0.4, -0.2) is 23.5 Å². The molecular weight excluding hydrogens is 500 g/mol. The Morgan fingerprint density at radius 3 is 2.45 bits per heavy atom. The third-order valence-corrected chi connectivity index (χ3v) is 7.05. The summed E-state index contributed by atoms with van der Waals surface area (Å²) in [6.45, 7) is 0.319. The van der Waals surface area contributed by atoms with Gasteiger partial charge >= 0.3 is 5.97 Å². The molecule has 5 nitrogen and oxygen atoms in total. The molecule has 0 spiro atoms. The van der Waals surface area contributed by atoms with Crippen molar-refractivity contribution < 1.29 is 24.2 Å². The number of carboxylic acids is 1. The lowest BCUT2D eigenvalue weighted by molar-refractivity contribution is -0.139. The Bertz CT molecular complexity index is 1450. The quantitative estimate of drug-likeness (QED) is 0.224. The molecule has 0 saturated carbocycles. The van der Waals surface area contributed by atoms with E-state index in [1.807, 2.05) is 30.3 Å². The number of aryl methyl sites for hydroxylation is 1. The summed E-state index contributed by atoms with van der Waals surface area (Å²) in [7, 11) is 0. The van der Waals surface area contributed by atoms with Gasteiger partial charge in [0.25, 0.3) is 0 Å². The van der Waals surface area contributed by atoms with E-state index in [1.54, 1.807) is 36.4 Å². The number of Topliss-reactive ketones (excluding diaryl/α,β-unsaturated/α-hetero) is 1. The topological polar surface area (TPSA) is 72.8 Å². The summed E-state index contributed by atoms with van der Waals surface area (Å²) in [5, 5.41) is 9.77. The first-order valence-corrected chi connectivity index (χ1v) is 13.0. The van der Waals surface area contributed by atoms with Crippen LogP contribution in [0.25, 0.3) is 11.1 Å². The second-order valence-electron chi connectivity index (χ2n) is 9.27. The first-order valence-electron chi connectivity index (χ1n) is 12.6. The van der Waals surface area contributed by atoms with Crippen molar-refractivity contribution in [2.45, 2.75) is 31.6 Å². The maximum atomic E-state index is 12.8. The van der Waals surface area contributed by atoms with Crippen LogP contribution in [0.4, 0.5) is 0 Å². The number of aliphatic carboxylic acids is 1. The standard InChI is InChI=1S/C32H27ClO5/c33-28-19-27-26(32(35)36)17-18-37-30(27)20-31(28)38-24-15-13-23(14-16-24)29(34)12-6-10-22-9-4-5-11-25(22)21-7-2-1-3-8-21/h1-5,7-9,11,13-16,19-20,26H,6,10,12,17-18H2,(H,35,36). The molecule has 1 unspecified atom stereocenters. The molecule has 1 atom stereocenters. The van der Waals surface area contributed by atoms with Gasteiger partial charge < -0.3 is 14.6 Å². The van der Waals surface area contributed by atoms with Crippen LogP contribution < -0.4 is 9.47 Å². The van der Waals surface area contributed by atoms with Gasteiger partial charge in [-0.05, 0) is 66.3 Å². The molecule has 4 aromatic rings. The van der Waals surface area contributed by atoms with Crippen molar-refractivity contribution in [1.29, 1.82) is 0 Å². The Morgan fingerprint density at radius 2 is 1.68 bits per heavy atom. The fraction of sp³-hybridized carbons (Fsp3) is 0.188. The molecule has 38 heavy (non-hydrogen) atoms. The molecule has 5 rings (SSSR count). The Labute approximate surface area is 226 Å². The number of hydrogen-bond donors (Lipinski definition) is 1. The second-order valence-corrected chi connectivity index (χ2v) is 9.68. The summed E-state index contributed by atoms with van der Waals surface area (Å²) in [5.74, 6) is -0.127. The van der Waals surface area contributed by atoms with Gasteiger partial charge in [0.15, 0.2) is 5.78 Å². The number of ketones is 1. The predicted molar refractivity (Wildman–Crippen MR) is 148 cm³/mol. The largest absolute Gasteiger partial charge is 0.493 e. The number of rotatable bonds is 9. The SMILES string of the molecule is O=C(CCCc1ccccc1-c1ccccc1)c1ccc(Oc2cc3c(cc2Cl)C(C(=O)O)CCO3)cc1. The Morgan fingerprint density at radius 1 is 0.947 bits per heavy atom. The van der Waals surface area contributed by atoms with Crippen LogP contribution in [-0.2, 0) is 11.2 Å². The lowest BCUT2D eigenvalue weighted by Gasteiger charge is -2.24. The van der Waals surface area contributed by atoms with Gasteiger partial charge in [-0.1, -0.05) is 66.2 Å².